The molecular weight excluding hydrogens is 258 g/mol. The van der Waals surface area contributed by atoms with Crippen molar-refractivity contribution in [2.24, 2.45) is 5.92 Å². The van der Waals surface area contributed by atoms with E-state index >= 15 is 0 Å². The highest BCUT2D eigenvalue weighted by Gasteiger charge is 2.29. The molecule has 0 saturated carbocycles. The van der Waals surface area contributed by atoms with Crippen molar-refractivity contribution < 1.29 is 23.1 Å². The molecule has 1 aliphatic rings. The SMILES string of the molecule is CCS(=O)(=O)CCCN1CC(C(=O)O)CCC1=O. The molecule has 1 atom stereocenters. The van der Waals surface area contributed by atoms with E-state index in [-0.39, 0.29) is 30.4 Å². The fraction of sp³-hybridized carbons (Fsp3) is 0.818. The van der Waals surface area contributed by atoms with E-state index in [4.69, 9.17) is 5.11 Å². The number of amides is 1. The molecule has 1 amide bonds. The number of sulfone groups is 1. The number of hydrogen-bond acceptors (Lipinski definition) is 4. The molecule has 0 aromatic rings. The minimum absolute atomic E-state index is 0.0466. The van der Waals surface area contributed by atoms with Crippen LogP contribution in [0.25, 0.3) is 0 Å². The van der Waals surface area contributed by atoms with Crippen molar-refractivity contribution in [3.05, 3.63) is 0 Å². The second-order valence-corrected chi connectivity index (χ2v) is 6.98. The Morgan fingerprint density at radius 3 is 2.72 bits per heavy atom. The van der Waals surface area contributed by atoms with Gasteiger partial charge in [0.2, 0.25) is 5.91 Å². The quantitative estimate of drug-likeness (QED) is 0.745. The van der Waals surface area contributed by atoms with Crippen LogP contribution in [0.4, 0.5) is 0 Å². The molecule has 1 unspecified atom stereocenters. The first-order valence-electron chi connectivity index (χ1n) is 6.06. The highest BCUT2D eigenvalue weighted by Crippen LogP contribution is 2.18. The Morgan fingerprint density at radius 2 is 2.17 bits per heavy atom. The number of carbonyl (C=O) groups is 2. The van der Waals surface area contributed by atoms with Crippen LogP contribution < -0.4 is 0 Å². The topological polar surface area (TPSA) is 91.8 Å². The van der Waals surface area contributed by atoms with E-state index in [1.165, 1.54) is 4.90 Å². The van der Waals surface area contributed by atoms with E-state index in [1.807, 2.05) is 0 Å². The van der Waals surface area contributed by atoms with Crippen LogP contribution in [0.2, 0.25) is 0 Å². The summed E-state index contributed by atoms with van der Waals surface area (Å²) in [6.45, 7) is 2.10. The average molecular weight is 277 g/mol. The third kappa shape index (κ3) is 4.29. The van der Waals surface area contributed by atoms with E-state index in [0.717, 1.165) is 0 Å². The lowest BCUT2D eigenvalue weighted by Gasteiger charge is -2.30. The molecule has 0 bridgehead atoms. The van der Waals surface area contributed by atoms with Gasteiger partial charge in [-0.3, -0.25) is 9.59 Å². The zero-order valence-corrected chi connectivity index (χ0v) is 11.3. The smallest absolute Gasteiger partial charge is 0.308 e. The standard InChI is InChI=1S/C11H19NO5S/c1-2-18(16,17)7-3-6-12-8-9(11(14)15)4-5-10(12)13/h9H,2-8H2,1H3,(H,14,15). The Balaban J connectivity index is 2.45. The number of rotatable bonds is 6. The summed E-state index contributed by atoms with van der Waals surface area (Å²) in [5.74, 6) is -1.36. The van der Waals surface area contributed by atoms with Gasteiger partial charge in [0.1, 0.15) is 9.84 Å². The molecule has 1 saturated heterocycles. The molecule has 0 aromatic heterocycles. The van der Waals surface area contributed by atoms with Crippen LogP contribution in [0.15, 0.2) is 0 Å². The lowest BCUT2D eigenvalue weighted by Crippen LogP contribution is -2.43. The van der Waals surface area contributed by atoms with Gasteiger partial charge in [-0.05, 0) is 12.8 Å². The molecule has 1 fully saturated rings. The third-order valence-corrected chi connectivity index (χ3v) is 4.96. The van der Waals surface area contributed by atoms with Gasteiger partial charge in [-0.2, -0.15) is 0 Å². The number of hydrogen-bond donors (Lipinski definition) is 1. The zero-order valence-electron chi connectivity index (χ0n) is 10.5. The molecule has 1 aliphatic heterocycles. The van der Waals surface area contributed by atoms with Gasteiger partial charge in [0, 0.05) is 25.3 Å². The van der Waals surface area contributed by atoms with E-state index < -0.39 is 21.7 Å². The Bertz CT molecular complexity index is 417. The van der Waals surface area contributed by atoms with Crippen molar-refractivity contribution >= 4 is 21.7 Å². The third-order valence-electron chi connectivity index (χ3n) is 3.17. The number of aliphatic carboxylic acids is 1. The second-order valence-electron chi connectivity index (χ2n) is 4.50. The summed E-state index contributed by atoms with van der Waals surface area (Å²) in [5.41, 5.74) is 0. The van der Waals surface area contributed by atoms with Crippen LogP contribution in [0.5, 0.6) is 0 Å². The highest BCUT2D eigenvalue weighted by molar-refractivity contribution is 7.91. The predicted octanol–water partition coefficient (Wildman–Crippen LogP) is 0.134. The number of nitrogens with zero attached hydrogens (tertiary/aromatic N) is 1. The van der Waals surface area contributed by atoms with Gasteiger partial charge in [-0.1, -0.05) is 6.92 Å². The molecule has 1 rings (SSSR count). The highest BCUT2D eigenvalue weighted by atomic mass is 32.2. The van der Waals surface area contributed by atoms with Gasteiger partial charge in [0.15, 0.2) is 0 Å². The molecule has 6 nitrogen and oxygen atoms in total. The molecule has 0 spiro atoms. The molecule has 104 valence electrons. The van der Waals surface area contributed by atoms with E-state index in [0.29, 0.717) is 19.4 Å². The Labute approximate surface area is 107 Å². The normalized spacial score (nSPS) is 21.1. The van der Waals surface area contributed by atoms with Crippen LogP contribution in [-0.2, 0) is 19.4 Å². The van der Waals surface area contributed by atoms with Crippen LogP contribution in [0.3, 0.4) is 0 Å². The number of likely N-dealkylation sites (tertiary alicyclic amines) is 1. The number of piperidine rings is 1. The van der Waals surface area contributed by atoms with Gasteiger partial charge in [0.05, 0.1) is 11.7 Å². The minimum atomic E-state index is -3.02. The summed E-state index contributed by atoms with van der Waals surface area (Å²) in [4.78, 5) is 23.9. The van der Waals surface area contributed by atoms with Crippen LogP contribution in [0, 0.1) is 5.92 Å². The van der Waals surface area contributed by atoms with Gasteiger partial charge in [0.25, 0.3) is 0 Å². The maximum absolute atomic E-state index is 11.6. The Morgan fingerprint density at radius 1 is 1.50 bits per heavy atom. The number of carboxylic acid groups (broad SMARTS) is 1. The Kier molecular flexibility index (Phi) is 5.13. The summed E-state index contributed by atoms with van der Waals surface area (Å²) < 4.78 is 22.6. The molecule has 0 radical (unpaired) electrons. The predicted molar refractivity (Wildman–Crippen MR) is 65.9 cm³/mol. The van der Waals surface area contributed by atoms with Crippen molar-refractivity contribution in [3.8, 4) is 0 Å². The second kappa shape index (κ2) is 6.17. The lowest BCUT2D eigenvalue weighted by atomic mass is 9.98. The molecule has 18 heavy (non-hydrogen) atoms. The van der Waals surface area contributed by atoms with E-state index in [2.05, 4.69) is 0 Å². The zero-order chi connectivity index (χ0) is 13.8. The molecule has 7 heteroatoms. The number of carboxylic acids is 1. The molecule has 1 N–H and O–H groups in total. The summed E-state index contributed by atoms with van der Waals surface area (Å²) in [6, 6.07) is 0. The number of carbonyl (C=O) groups excluding carboxylic acids is 1. The average Bonchev–Trinajstić information content (AvgIpc) is 2.31. The summed E-state index contributed by atoms with van der Waals surface area (Å²) in [7, 11) is -3.02. The first-order chi connectivity index (χ1) is 8.35. The maximum atomic E-state index is 11.6. The van der Waals surface area contributed by atoms with Gasteiger partial charge in [-0.15, -0.1) is 0 Å². The summed E-state index contributed by atoms with van der Waals surface area (Å²) >= 11 is 0. The van der Waals surface area contributed by atoms with Crippen molar-refractivity contribution in [2.75, 3.05) is 24.6 Å². The first-order valence-corrected chi connectivity index (χ1v) is 7.89. The first kappa shape index (κ1) is 14.9. The molecular formula is C11H19NO5S. The summed E-state index contributed by atoms with van der Waals surface area (Å²) in [6.07, 6.45) is 0.976. The monoisotopic (exact) mass is 277 g/mol. The van der Waals surface area contributed by atoms with Gasteiger partial charge in [-0.25, -0.2) is 8.42 Å². The van der Waals surface area contributed by atoms with Gasteiger partial charge >= 0.3 is 5.97 Å². The van der Waals surface area contributed by atoms with Crippen LogP contribution in [-0.4, -0.2) is 54.9 Å². The fourth-order valence-electron chi connectivity index (χ4n) is 1.95. The maximum Gasteiger partial charge on any atom is 0.308 e. The van der Waals surface area contributed by atoms with Crippen molar-refractivity contribution in [3.63, 3.8) is 0 Å². The molecule has 1 heterocycles. The largest absolute Gasteiger partial charge is 0.481 e. The van der Waals surface area contributed by atoms with Crippen molar-refractivity contribution in [1.82, 2.24) is 4.90 Å². The van der Waals surface area contributed by atoms with E-state index in [1.54, 1.807) is 6.92 Å². The van der Waals surface area contributed by atoms with E-state index in [9.17, 15) is 18.0 Å². The molecule has 0 aromatic carbocycles. The molecule has 0 aliphatic carbocycles. The van der Waals surface area contributed by atoms with Crippen LogP contribution >= 0.6 is 0 Å². The van der Waals surface area contributed by atoms with Gasteiger partial charge < -0.3 is 10.0 Å². The Hall–Kier alpha value is -1.11. The minimum Gasteiger partial charge on any atom is -0.481 e. The van der Waals surface area contributed by atoms with Crippen LogP contribution in [0.1, 0.15) is 26.2 Å². The van der Waals surface area contributed by atoms with Crippen molar-refractivity contribution in [1.29, 1.82) is 0 Å². The fourth-order valence-corrected chi connectivity index (χ4v) is 2.81. The summed E-state index contributed by atoms with van der Waals surface area (Å²) in [5, 5.41) is 8.90. The lowest BCUT2D eigenvalue weighted by molar-refractivity contribution is -0.147. The van der Waals surface area contributed by atoms with Crippen molar-refractivity contribution in [2.45, 2.75) is 26.2 Å².